The fraction of sp³-hybridized carbons (Fsp3) is 0.167. The lowest BCUT2D eigenvalue weighted by molar-refractivity contribution is 0.0672. The number of halogens is 2. The minimum absolute atomic E-state index is 0.0596. The molecule has 6 rings (SSSR count). The first-order valence-electron chi connectivity index (χ1n) is 12.2. The molecule has 184 valence electrons. The van der Waals surface area contributed by atoms with E-state index in [0.29, 0.717) is 33.6 Å². The van der Waals surface area contributed by atoms with Gasteiger partial charge in [0.15, 0.2) is 5.65 Å². The molecule has 7 heteroatoms. The van der Waals surface area contributed by atoms with Crippen molar-refractivity contribution in [3.63, 3.8) is 0 Å². The maximum absolute atomic E-state index is 14.8. The fourth-order valence-electron chi connectivity index (χ4n) is 5.04. The van der Waals surface area contributed by atoms with Crippen LogP contribution in [-0.4, -0.2) is 31.9 Å². The van der Waals surface area contributed by atoms with Crippen molar-refractivity contribution in [2.75, 3.05) is 6.54 Å². The summed E-state index contributed by atoms with van der Waals surface area (Å²) in [4.78, 5) is 20.4. The van der Waals surface area contributed by atoms with E-state index in [4.69, 9.17) is 10.1 Å². The third-order valence-electron chi connectivity index (χ3n) is 7.06. The number of carbonyl (C=O) groups is 1. The molecule has 5 aromatic rings. The second-order valence-corrected chi connectivity index (χ2v) is 10.4. The summed E-state index contributed by atoms with van der Waals surface area (Å²) in [5, 5.41) is 4.70. The van der Waals surface area contributed by atoms with Gasteiger partial charge >= 0.3 is 0 Å². The third-order valence-corrected chi connectivity index (χ3v) is 7.55. The van der Waals surface area contributed by atoms with Crippen molar-refractivity contribution in [3.05, 3.63) is 112 Å². The highest BCUT2D eigenvalue weighted by Crippen LogP contribution is 2.32. The van der Waals surface area contributed by atoms with E-state index in [1.54, 1.807) is 28.8 Å². The SMILES string of the molecule is Cc1ccc(-c2cc(C(=O)N3CCc4ccccc4[C@H]3C)nc3cc(-c4ccc(Br)cc4F)nn23)cc1. The second-order valence-electron chi connectivity index (χ2n) is 9.44. The van der Waals surface area contributed by atoms with Crippen LogP contribution in [0.1, 0.15) is 40.1 Å². The van der Waals surface area contributed by atoms with Gasteiger partial charge in [0.1, 0.15) is 11.5 Å². The van der Waals surface area contributed by atoms with Gasteiger partial charge in [-0.3, -0.25) is 4.79 Å². The Hall–Kier alpha value is -3.84. The standard InChI is InChI=1S/C30H24BrFN4O/c1-18-7-9-21(10-8-18)28-16-27(30(37)35-14-13-20-5-3-4-6-23(20)19(35)2)33-29-17-26(34-36(28)29)24-12-11-22(31)15-25(24)32/h3-12,15-17,19H,13-14H2,1-2H3/t19-/m1/s1. The number of hydrogen-bond donors (Lipinski definition) is 0. The Kier molecular flexibility index (Phi) is 5.88. The molecule has 0 saturated carbocycles. The van der Waals surface area contributed by atoms with Crippen LogP contribution in [0.25, 0.3) is 28.2 Å². The van der Waals surface area contributed by atoms with Gasteiger partial charge in [0.2, 0.25) is 0 Å². The fourth-order valence-corrected chi connectivity index (χ4v) is 5.37. The van der Waals surface area contributed by atoms with Gasteiger partial charge in [-0.2, -0.15) is 5.10 Å². The van der Waals surface area contributed by atoms with E-state index in [1.807, 2.05) is 48.2 Å². The molecule has 0 spiro atoms. The lowest BCUT2D eigenvalue weighted by atomic mass is 9.93. The maximum atomic E-state index is 14.8. The van der Waals surface area contributed by atoms with E-state index >= 15 is 0 Å². The maximum Gasteiger partial charge on any atom is 0.273 e. The summed E-state index contributed by atoms with van der Waals surface area (Å²) in [5.74, 6) is -0.512. The Morgan fingerprint density at radius 1 is 1.03 bits per heavy atom. The summed E-state index contributed by atoms with van der Waals surface area (Å²) in [7, 11) is 0. The molecular formula is C30H24BrFN4O. The molecule has 0 bridgehead atoms. The molecule has 0 N–H and O–H groups in total. The zero-order valence-corrected chi connectivity index (χ0v) is 22.0. The largest absolute Gasteiger partial charge is 0.330 e. The number of benzene rings is 3. The highest BCUT2D eigenvalue weighted by molar-refractivity contribution is 9.10. The quantitative estimate of drug-likeness (QED) is 0.240. The van der Waals surface area contributed by atoms with Gasteiger partial charge in [-0.1, -0.05) is 70.0 Å². The van der Waals surface area contributed by atoms with Crippen molar-refractivity contribution in [2.24, 2.45) is 0 Å². The van der Waals surface area contributed by atoms with Crippen LogP contribution >= 0.6 is 15.9 Å². The normalized spacial score (nSPS) is 15.1. The molecule has 3 heterocycles. The second kappa shape index (κ2) is 9.23. The molecule has 37 heavy (non-hydrogen) atoms. The number of aryl methyl sites for hydroxylation is 1. The van der Waals surface area contributed by atoms with E-state index in [2.05, 4.69) is 35.0 Å². The van der Waals surface area contributed by atoms with Crippen molar-refractivity contribution in [1.29, 1.82) is 0 Å². The zero-order valence-electron chi connectivity index (χ0n) is 20.5. The first kappa shape index (κ1) is 23.6. The molecule has 0 saturated heterocycles. The minimum atomic E-state index is -0.383. The van der Waals surface area contributed by atoms with Crippen LogP contribution in [0.3, 0.4) is 0 Å². The molecule has 1 aliphatic rings. The van der Waals surface area contributed by atoms with E-state index in [1.165, 1.54) is 17.2 Å². The summed E-state index contributed by atoms with van der Waals surface area (Å²) < 4.78 is 17.1. The molecule has 0 radical (unpaired) electrons. The summed E-state index contributed by atoms with van der Waals surface area (Å²) >= 11 is 3.31. The lowest BCUT2D eigenvalue weighted by Gasteiger charge is -2.35. The zero-order chi connectivity index (χ0) is 25.7. The number of nitrogens with zero attached hydrogens (tertiary/aromatic N) is 4. The van der Waals surface area contributed by atoms with Crippen molar-refractivity contribution >= 4 is 27.5 Å². The van der Waals surface area contributed by atoms with Crippen molar-refractivity contribution < 1.29 is 9.18 Å². The van der Waals surface area contributed by atoms with Crippen LogP contribution in [-0.2, 0) is 6.42 Å². The number of carbonyl (C=O) groups excluding carboxylic acids is 1. The molecule has 5 nitrogen and oxygen atoms in total. The highest BCUT2D eigenvalue weighted by atomic mass is 79.9. The number of amides is 1. The highest BCUT2D eigenvalue weighted by Gasteiger charge is 2.29. The van der Waals surface area contributed by atoms with Crippen LogP contribution in [0.5, 0.6) is 0 Å². The molecule has 1 atom stereocenters. The Morgan fingerprint density at radius 2 is 1.81 bits per heavy atom. The van der Waals surface area contributed by atoms with Gasteiger partial charge in [0.05, 0.1) is 17.4 Å². The van der Waals surface area contributed by atoms with Gasteiger partial charge in [-0.05, 0) is 55.7 Å². The Balaban J connectivity index is 1.48. The minimum Gasteiger partial charge on any atom is -0.330 e. The average Bonchev–Trinajstić information content (AvgIpc) is 3.32. The van der Waals surface area contributed by atoms with Crippen molar-refractivity contribution in [3.8, 4) is 22.5 Å². The smallest absolute Gasteiger partial charge is 0.273 e. The van der Waals surface area contributed by atoms with Gasteiger partial charge in [0, 0.05) is 28.2 Å². The predicted molar refractivity (Wildman–Crippen MR) is 146 cm³/mol. The van der Waals surface area contributed by atoms with E-state index < -0.39 is 0 Å². The van der Waals surface area contributed by atoms with Gasteiger partial charge in [-0.15, -0.1) is 0 Å². The number of fused-ring (bicyclic) bond motifs is 2. The average molecular weight is 555 g/mol. The first-order chi connectivity index (χ1) is 17.9. The van der Waals surface area contributed by atoms with Crippen LogP contribution in [0.2, 0.25) is 0 Å². The van der Waals surface area contributed by atoms with Gasteiger partial charge in [0.25, 0.3) is 5.91 Å². The monoisotopic (exact) mass is 554 g/mol. The Labute approximate surface area is 222 Å². The lowest BCUT2D eigenvalue weighted by Crippen LogP contribution is -2.39. The third kappa shape index (κ3) is 4.23. The van der Waals surface area contributed by atoms with Gasteiger partial charge in [-0.25, -0.2) is 13.9 Å². The Morgan fingerprint density at radius 3 is 2.59 bits per heavy atom. The summed E-state index contributed by atoms with van der Waals surface area (Å²) in [6.45, 7) is 4.71. The topological polar surface area (TPSA) is 50.5 Å². The molecule has 0 unspecified atom stereocenters. The molecule has 0 aliphatic carbocycles. The van der Waals surface area contributed by atoms with Crippen LogP contribution < -0.4 is 0 Å². The van der Waals surface area contributed by atoms with E-state index in [9.17, 15) is 9.18 Å². The van der Waals surface area contributed by atoms with Crippen LogP contribution in [0, 0.1) is 12.7 Å². The molecule has 1 aliphatic heterocycles. The summed E-state index contributed by atoms with van der Waals surface area (Å²) in [5.41, 5.74) is 6.86. The van der Waals surface area contributed by atoms with Crippen LogP contribution in [0.15, 0.2) is 83.3 Å². The molecule has 3 aromatic carbocycles. The van der Waals surface area contributed by atoms with Crippen molar-refractivity contribution in [1.82, 2.24) is 19.5 Å². The molecular weight excluding hydrogens is 531 g/mol. The van der Waals surface area contributed by atoms with E-state index in [0.717, 1.165) is 23.2 Å². The number of hydrogen-bond acceptors (Lipinski definition) is 3. The molecule has 2 aromatic heterocycles. The summed E-state index contributed by atoms with van der Waals surface area (Å²) in [6.07, 6.45) is 0.805. The predicted octanol–water partition coefficient (Wildman–Crippen LogP) is 7.03. The van der Waals surface area contributed by atoms with E-state index in [-0.39, 0.29) is 17.8 Å². The van der Waals surface area contributed by atoms with Crippen molar-refractivity contribution in [2.45, 2.75) is 26.3 Å². The van der Waals surface area contributed by atoms with Crippen LogP contribution in [0.4, 0.5) is 4.39 Å². The number of rotatable bonds is 3. The summed E-state index contributed by atoms with van der Waals surface area (Å²) in [6, 6.07) is 24.7. The Bertz CT molecular complexity index is 1660. The van der Waals surface area contributed by atoms with Gasteiger partial charge < -0.3 is 4.90 Å². The first-order valence-corrected chi connectivity index (χ1v) is 13.0. The number of aromatic nitrogens is 3. The molecule has 1 amide bonds. The molecule has 0 fully saturated rings.